The summed E-state index contributed by atoms with van der Waals surface area (Å²) >= 11 is 0. The predicted octanol–water partition coefficient (Wildman–Crippen LogP) is 6.30. The summed E-state index contributed by atoms with van der Waals surface area (Å²) in [5.41, 5.74) is 1.26. The lowest BCUT2D eigenvalue weighted by molar-refractivity contribution is -0.138. The zero-order valence-corrected chi connectivity index (χ0v) is 15.2. The Balaban J connectivity index is 1.47. The quantitative estimate of drug-likeness (QED) is 0.441. The highest BCUT2D eigenvalue weighted by atomic mass is 19.4. The van der Waals surface area contributed by atoms with Gasteiger partial charge >= 0.3 is 6.18 Å². The van der Waals surface area contributed by atoms with Gasteiger partial charge in [0.1, 0.15) is 11.3 Å². The van der Waals surface area contributed by atoms with Crippen LogP contribution in [0.15, 0.2) is 83.3 Å². The Bertz CT molecular complexity index is 1130. The van der Waals surface area contributed by atoms with Gasteiger partial charge < -0.3 is 9.73 Å². The molecule has 0 aliphatic heterocycles. The average Bonchev–Trinajstić information content (AvgIpc) is 3.12. The summed E-state index contributed by atoms with van der Waals surface area (Å²) in [6.45, 7) is 0. The highest BCUT2D eigenvalue weighted by Gasteiger charge is 2.33. The molecule has 0 radical (unpaired) electrons. The maximum atomic E-state index is 13.1. The van der Waals surface area contributed by atoms with Crippen molar-refractivity contribution >= 4 is 22.6 Å². The largest absolute Gasteiger partial charge is 0.456 e. The predicted molar refractivity (Wildman–Crippen MR) is 105 cm³/mol. The van der Waals surface area contributed by atoms with E-state index in [1.165, 1.54) is 18.2 Å². The van der Waals surface area contributed by atoms with Crippen molar-refractivity contribution in [1.29, 1.82) is 0 Å². The number of para-hydroxylation sites is 1. The maximum Gasteiger partial charge on any atom is 0.416 e. The molecule has 0 aliphatic rings. The van der Waals surface area contributed by atoms with Crippen LogP contribution in [-0.4, -0.2) is 5.91 Å². The first-order valence-corrected chi connectivity index (χ1v) is 8.94. The summed E-state index contributed by atoms with van der Waals surface area (Å²) in [6.07, 6.45) is -4.86. The number of carbonyl (C=O) groups excluding carboxylic acids is 1. The summed E-state index contributed by atoms with van der Waals surface area (Å²) < 4.78 is 45.0. The Morgan fingerprint density at radius 3 is 2.31 bits per heavy atom. The first-order valence-electron chi connectivity index (χ1n) is 8.94. The van der Waals surface area contributed by atoms with E-state index in [1.54, 1.807) is 24.3 Å². The van der Waals surface area contributed by atoms with Crippen LogP contribution in [0.1, 0.15) is 11.1 Å². The van der Waals surface area contributed by atoms with Crippen LogP contribution in [0.2, 0.25) is 0 Å². The Labute approximate surface area is 164 Å². The van der Waals surface area contributed by atoms with Crippen LogP contribution in [0.4, 0.5) is 18.9 Å². The van der Waals surface area contributed by atoms with Crippen LogP contribution >= 0.6 is 0 Å². The fourth-order valence-corrected chi connectivity index (χ4v) is 3.17. The van der Waals surface area contributed by atoms with E-state index in [1.807, 2.05) is 30.3 Å². The van der Waals surface area contributed by atoms with Gasteiger partial charge in [0.25, 0.3) is 0 Å². The summed E-state index contributed by atoms with van der Waals surface area (Å²) in [4.78, 5) is 12.2. The van der Waals surface area contributed by atoms with Gasteiger partial charge in [0.05, 0.1) is 12.0 Å². The van der Waals surface area contributed by atoms with Crippen molar-refractivity contribution in [3.63, 3.8) is 0 Å². The molecule has 0 saturated carbocycles. The Hall–Kier alpha value is -3.54. The van der Waals surface area contributed by atoms with E-state index >= 15 is 0 Å². The molecule has 3 aromatic carbocycles. The molecule has 1 amide bonds. The van der Waals surface area contributed by atoms with Crippen molar-refractivity contribution in [2.24, 2.45) is 0 Å². The second-order valence-electron chi connectivity index (χ2n) is 6.61. The molecule has 0 aliphatic carbocycles. The minimum atomic E-state index is -4.49. The summed E-state index contributed by atoms with van der Waals surface area (Å²) in [7, 11) is 0. The number of anilines is 1. The number of alkyl halides is 3. The molecule has 0 unspecified atom stereocenters. The smallest absolute Gasteiger partial charge is 0.416 e. The van der Waals surface area contributed by atoms with Gasteiger partial charge in [-0.3, -0.25) is 4.79 Å². The summed E-state index contributed by atoms with van der Waals surface area (Å²) in [6, 6.07) is 21.6. The Morgan fingerprint density at radius 1 is 0.897 bits per heavy atom. The minimum Gasteiger partial charge on any atom is -0.456 e. The molecule has 4 aromatic rings. The number of hydrogen-bond acceptors (Lipinski definition) is 2. The number of carbonyl (C=O) groups is 1. The zero-order valence-electron chi connectivity index (χ0n) is 15.2. The van der Waals surface area contributed by atoms with E-state index in [0.29, 0.717) is 11.4 Å². The monoisotopic (exact) mass is 395 g/mol. The van der Waals surface area contributed by atoms with Crippen LogP contribution in [0.5, 0.6) is 0 Å². The van der Waals surface area contributed by atoms with Gasteiger partial charge in [-0.15, -0.1) is 0 Å². The zero-order chi connectivity index (χ0) is 20.4. The van der Waals surface area contributed by atoms with Gasteiger partial charge in [0.2, 0.25) is 5.91 Å². The van der Waals surface area contributed by atoms with E-state index in [2.05, 4.69) is 5.32 Å². The molecule has 29 heavy (non-hydrogen) atoms. The first kappa shape index (κ1) is 18.8. The van der Waals surface area contributed by atoms with Gasteiger partial charge in [0.15, 0.2) is 0 Å². The lowest BCUT2D eigenvalue weighted by Gasteiger charge is -2.12. The Kier molecular flexibility index (Phi) is 4.84. The number of amides is 1. The topological polar surface area (TPSA) is 42.2 Å². The van der Waals surface area contributed by atoms with Crippen molar-refractivity contribution in [1.82, 2.24) is 0 Å². The summed E-state index contributed by atoms with van der Waals surface area (Å²) in [5.74, 6) is 0.182. The summed E-state index contributed by atoms with van der Waals surface area (Å²) in [5, 5.41) is 3.63. The molecule has 1 heterocycles. The van der Waals surface area contributed by atoms with Crippen molar-refractivity contribution in [3.8, 4) is 11.3 Å². The van der Waals surface area contributed by atoms with E-state index in [0.717, 1.165) is 22.6 Å². The number of benzene rings is 3. The second kappa shape index (κ2) is 7.47. The highest BCUT2D eigenvalue weighted by Crippen LogP contribution is 2.32. The van der Waals surface area contributed by atoms with Crippen LogP contribution in [0.25, 0.3) is 22.3 Å². The van der Waals surface area contributed by atoms with E-state index in [-0.39, 0.29) is 12.0 Å². The number of furan rings is 1. The number of halogens is 3. The molecular weight excluding hydrogens is 379 g/mol. The molecule has 1 aromatic heterocycles. The molecule has 6 heteroatoms. The molecule has 0 spiro atoms. The van der Waals surface area contributed by atoms with Crippen molar-refractivity contribution in [2.75, 3.05) is 5.32 Å². The maximum absolute atomic E-state index is 13.1. The first-order chi connectivity index (χ1) is 13.9. The van der Waals surface area contributed by atoms with Gasteiger partial charge in [0, 0.05) is 16.6 Å². The SMILES string of the molecule is O=C(Cc1ccccc1C(F)(F)F)Nc1ccc(-c2cc3ccccc3o2)cc1. The standard InChI is InChI=1S/C23H16F3NO2/c24-23(25,26)19-7-3-1-5-16(19)14-22(28)27-18-11-9-15(10-12-18)21-13-17-6-2-4-8-20(17)29-21/h1-13H,14H2,(H,27,28). The third-order valence-corrected chi connectivity index (χ3v) is 4.55. The third-order valence-electron chi connectivity index (χ3n) is 4.55. The molecular formula is C23H16F3NO2. The minimum absolute atomic E-state index is 0.0589. The van der Waals surface area contributed by atoms with Crippen molar-refractivity contribution in [3.05, 3.63) is 90.0 Å². The number of nitrogens with one attached hydrogen (secondary N) is 1. The van der Waals surface area contributed by atoms with Crippen molar-refractivity contribution < 1.29 is 22.4 Å². The molecule has 1 N–H and O–H groups in total. The van der Waals surface area contributed by atoms with Crippen molar-refractivity contribution in [2.45, 2.75) is 12.6 Å². The van der Waals surface area contributed by atoms with Gasteiger partial charge in [-0.25, -0.2) is 0 Å². The molecule has 0 atom stereocenters. The second-order valence-corrected chi connectivity index (χ2v) is 6.61. The molecule has 0 fully saturated rings. The van der Waals surface area contributed by atoms with Crippen LogP contribution in [-0.2, 0) is 17.4 Å². The van der Waals surface area contributed by atoms with Gasteiger partial charge in [-0.2, -0.15) is 13.2 Å². The van der Waals surface area contributed by atoms with Crippen LogP contribution in [0.3, 0.4) is 0 Å². The highest BCUT2D eigenvalue weighted by molar-refractivity contribution is 5.92. The average molecular weight is 395 g/mol. The van der Waals surface area contributed by atoms with E-state index in [4.69, 9.17) is 4.42 Å². The lowest BCUT2D eigenvalue weighted by atomic mass is 10.0. The fraction of sp³-hybridized carbons (Fsp3) is 0.0870. The number of rotatable bonds is 4. The molecule has 0 bridgehead atoms. The Morgan fingerprint density at radius 2 is 1.59 bits per heavy atom. The molecule has 0 saturated heterocycles. The number of hydrogen-bond donors (Lipinski definition) is 1. The van der Waals surface area contributed by atoms with E-state index < -0.39 is 17.6 Å². The number of fused-ring (bicyclic) bond motifs is 1. The molecule has 146 valence electrons. The van der Waals surface area contributed by atoms with Gasteiger partial charge in [-0.05, 0) is 48.0 Å². The lowest BCUT2D eigenvalue weighted by Crippen LogP contribution is -2.17. The van der Waals surface area contributed by atoms with Crippen LogP contribution in [0, 0.1) is 0 Å². The molecule has 3 nitrogen and oxygen atoms in total. The van der Waals surface area contributed by atoms with Gasteiger partial charge in [-0.1, -0.05) is 36.4 Å². The van der Waals surface area contributed by atoms with E-state index in [9.17, 15) is 18.0 Å². The third kappa shape index (κ3) is 4.16. The van der Waals surface area contributed by atoms with Crippen LogP contribution < -0.4 is 5.32 Å². The molecule has 4 rings (SSSR count). The fourth-order valence-electron chi connectivity index (χ4n) is 3.17. The normalized spacial score (nSPS) is 11.6.